The molecule has 0 saturated carbocycles. The average molecular weight is 338 g/mol. The van der Waals surface area contributed by atoms with Crippen LogP contribution in [0.4, 0.5) is 0 Å². The summed E-state index contributed by atoms with van der Waals surface area (Å²) in [5.74, 6) is 0.178. The topological polar surface area (TPSA) is 46.6 Å². The molecule has 2 rings (SSSR count). The minimum Gasteiger partial charge on any atom is -0.375 e. The van der Waals surface area contributed by atoms with Gasteiger partial charge >= 0.3 is 0 Å². The largest absolute Gasteiger partial charge is 0.375 e. The van der Waals surface area contributed by atoms with Gasteiger partial charge in [0.2, 0.25) is 10.0 Å². The van der Waals surface area contributed by atoms with Crippen LogP contribution in [0.2, 0.25) is 5.02 Å². The maximum Gasteiger partial charge on any atom is 0.243 e. The average Bonchev–Trinajstić information content (AvgIpc) is 2.41. The van der Waals surface area contributed by atoms with Crippen LogP contribution in [0.1, 0.15) is 19.4 Å². The molecule has 1 aromatic rings. The maximum absolute atomic E-state index is 12.7. The van der Waals surface area contributed by atoms with E-state index < -0.39 is 10.0 Å². The Morgan fingerprint density at radius 2 is 2.10 bits per heavy atom. The molecule has 1 heterocycles. The van der Waals surface area contributed by atoms with Crippen LogP contribution in [0.15, 0.2) is 23.1 Å². The van der Waals surface area contributed by atoms with Gasteiger partial charge in [-0.25, -0.2) is 8.42 Å². The van der Waals surface area contributed by atoms with Crippen LogP contribution < -0.4 is 0 Å². The van der Waals surface area contributed by atoms with E-state index in [2.05, 4.69) is 0 Å². The normalized spacial score (nSPS) is 24.8. The van der Waals surface area contributed by atoms with Crippen molar-refractivity contribution >= 4 is 33.2 Å². The third kappa shape index (κ3) is 3.12. The summed E-state index contributed by atoms with van der Waals surface area (Å²) in [7, 11) is -3.56. The van der Waals surface area contributed by atoms with Gasteiger partial charge < -0.3 is 4.74 Å². The number of ether oxygens (including phenoxy) is 1. The van der Waals surface area contributed by atoms with E-state index in [1.165, 1.54) is 16.4 Å². The van der Waals surface area contributed by atoms with Crippen LogP contribution in [-0.2, 0) is 20.6 Å². The fraction of sp³-hybridized carbons (Fsp3) is 0.538. The fourth-order valence-electron chi connectivity index (χ4n) is 2.16. The minimum atomic E-state index is -3.56. The predicted octanol–water partition coefficient (Wildman–Crippen LogP) is 2.88. The van der Waals surface area contributed by atoms with Crippen molar-refractivity contribution in [3.05, 3.63) is 28.8 Å². The van der Waals surface area contributed by atoms with E-state index in [4.69, 9.17) is 27.9 Å². The van der Waals surface area contributed by atoms with E-state index in [-0.39, 0.29) is 22.9 Å². The van der Waals surface area contributed by atoms with Gasteiger partial charge in [0.25, 0.3) is 0 Å². The van der Waals surface area contributed by atoms with E-state index >= 15 is 0 Å². The summed E-state index contributed by atoms with van der Waals surface area (Å²) < 4.78 is 32.4. The van der Waals surface area contributed by atoms with Gasteiger partial charge in [-0.05, 0) is 37.6 Å². The molecule has 0 bridgehead atoms. The van der Waals surface area contributed by atoms with Crippen molar-refractivity contribution in [1.82, 2.24) is 4.31 Å². The molecule has 7 heteroatoms. The number of nitrogens with zero attached hydrogens (tertiary/aromatic N) is 1. The Hall–Kier alpha value is -0.330. The monoisotopic (exact) mass is 337 g/mol. The van der Waals surface area contributed by atoms with E-state index in [9.17, 15) is 8.42 Å². The molecular weight excluding hydrogens is 321 g/mol. The molecule has 1 aromatic carbocycles. The second kappa shape index (κ2) is 6.20. The number of alkyl halides is 1. The molecule has 112 valence electrons. The standard InChI is InChI=1S/C13H17Cl2NO3S/c1-9-8-19-10(2)7-16(9)20(17,18)12-3-4-13(15)11(5-12)6-14/h3-5,9-10H,6-8H2,1-2H3. The molecule has 0 spiro atoms. The first-order valence-electron chi connectivity index (χ1n) is 6.34. The van der Waals surface area contributed by atoms with Gasteiger partial charge in [0.05, 0.1) is 17.6 Å². The minimum absolute atomic E-state index is 0.110. The van der Waals surface area contributed by atoms with Crippen LogP contribution in [0, 0.1) is 0 Å². The lowest BCUT2D eigenvalue weighted by Crippen LogP contribution is -2.50. The van der Waals surface area contributed by atoms with Crippen LogP contribution >= 0.6 is 23.2 Å². The zero-order valence-electron chi connectivity index (χ0n) is 11.3. The van der Waals surface area contributed by atoms with E-state index in [0.717, 1.165) is 0 Å². The second-order valence-corrected chi connectivity index (χ2v) is 7.52. The quantitative estimate of drug-likeness (QED) is 0.796. The van der Waals surface area contributed by atoms with Gasteiger partial charge in [-0.2, -0.15) is 4.31 Å². The number of morpholine rings is 1. The van der Waals surface area contributed by atoms with Crippen molar-refractivity contribution in [3.63, 3.8) is 0 Å². The van der Waals surface area contributed by atoms with Crippen LogP contribution in [0.25, 0.3) is 0 Å². The van der Waals surface area contributed by atoms with Gasteiger partial charge in [0, 0.05) is 23.5 Å². The Bertz CT molecular complexity index is 591. The molecule has 0 radical (unpaired) electrons. The summed E-state index contributed by atoms with van der Waals surface area (Å²) >= 11 is 11.8. The van der Waals surface area contributed by atoms with Gasteiger partial charge in [0.15, 0.2) is 0 Å². The van der Waals surface area contributed by atoms with E-state index in [1.807, 2.05) is 13.8 Å². The molecule has 1 saturated heterocycles. The molecule has 1 aliphatic heterocycles. The van der Waals surface area contributed by atoms with Crippen molar-refractivity contribution in [3.8, 4) is 0 Å². The van der Waals surface area contributed by atoms with Crippen LogP contribution in [-0.4, -0.2) is 38.0 Å². The highest BCUT2D eigenvalue weighted by Crippen LogP contribution is 2.26. The summed E-state index contributed by atoms with van der Waals surface area (Å²) in [5, 5.41) is 0.474. The van der Waals surface area contributed by atoms with Gasteiger partial charge in [0.1, 0.15) is 0 Å². The van der Waals surface area contributed by atoms with Crippen molar-refractivity contribution in [1.29, 1.82) is 0 Å². The first-order chi connectivity index (χ1) is 9.36. The molecule has 0 N–H and O–H groups in total. The molecule has 2 unspecified atom stereocenters. The maximum atomic E-state index is 12.7. The van der Waals surface area contributed by atoms with Crippen molar-refractivity contribution in [2.24, 2.45) is 0 Å². The van der Waals surface area contributed by atoms with Crippen molar-refractivity contribution < 1.29 is 13.2 Å². The Morgan fingerprint density at radius 1 is 1.40 bits per heavy atom. The molecule has 20 heavy (non-hydrogen) atoms. The summed E-state index contributed by atoms with van der Waals surface area (Å²) in [6, 6.07) is 4.44. The van der Waals surface area contributed by atoms with E-state index in [0.29, 0.717) is 23.7 Å². The number of halogens is 2. The number of benzene rings is 1. The lowest BCUT2D eigenvalue weighted by molar-refractivity contribution is -0.0170. The molecule has 0 aromatic heterocycles. The highest BCUT2D eigenvalue weighted by molar-refractivity contribution is 7.89. The highest BCUT2D eigenvalue weighted by Gasteiger charge is 2.34. The number of hydrogen-bond donors (Lipinski definition) is 0. The number of hydrogen-bond acceptors (Lipinski definition) is 3. The second-order valence-electron chi connectivity index (χ2n) is 4.95. The third-order valence-corrected chi connectivity index (χ3v) is 5.95. The lowest BCUT2D eigenvalue weighted by atomic mass is 10.2. The summed E-state index contributed by atoms with van der Waals surface area (Å²) in [6.45, 7) is 4.45. The van der Waals surface area contributed by atoms with Crippen LogP contribution in [0.5, 0.6) is 0 Å². The van der Waals surface area contributed by atoms with Crippen LogP contribution in [0.3, 0.4) is 0 Å². The van der Waals surface area contributed by atoms with Gasteiger partial charge in [-0.3, -0.25) is 0 Å². The molecule has 1 aliphatic rings. The molecule has 2 atom stereocenters. The Labute approximate surface area is 129 Å². The first kappa shape index (κ1) is 16.0. The predicted molar refractivity (Wildman–Crippen MR) is 79.8 cm³/mol. The first-order valence-corrected chi connectivity index (χ1v) is 8.69. The van der Waals surface area contributed by atoms with Gasteiger partial charge in [-0.1, -0.05) is 11.6 Å². The smallest absolute Gasteiger partial charge is 0.243 e. The SMILES string of the molecule is CC1CN(S(=O)(=O)c2ccc(Cl)c(CCl)c2)C(C)CO1. The molecule has 0 amide bonds. The molecular formula is C13H17Cl2NO3S. The zero-order chi connectivity index (χ0) is 14.9. The lowest BCUT2D eigenvalue weighted by Gasteiger charge is -2.35. The van der Waals surface area contributed by atoms with Gasteiger partial charge in [-0.15, -0.1) is 11.6 Å². The number of rotatable bonds is 3. The Kier molecular flexibility index (Phi) is 4.97. The zero-order valence-corrected chi connectivity index (χ0v) is 13.7. The number of sulfonamides is 1. The molecule has 0 aliphatic carbocycles. The van der Waals surface area contributed by atoms with E-state index in [1.54, 1.807) is 6.07 Å². The Balaban J connectivity index is 2.39. The molecule has 1 fully saturated rings. The molecule has 4 nitrogen and oxygen atoms in total. The third-order valence-electron chi connectivity index (χ3n) is 3.32. The summed E-state index contributed by atoms with van der Waals surface area (Å²) in [6.07, 6.45) is -0.110. The Morgan fingerprint density at radius 3 is 2.75 bits per heavy atom. The highest BCUT2D eigenvalue weighted by atomic mass is 35.5. The van der Waals surface area contributed by atoms with Crippen molar-refractivity contribution in [2.45, 2.75) is 36.8 Å². The van der Waals surface area contributed by atoms with Crippen molar-refractivity contribution in [2.75, 3.05) is 13.2 Å². The summed E-state index contributed by atoms with van der Waals surface area (Å²) in [5.41, 5.74) is 0.614. The summed E-state index contributed by atoms with van der Waals surface area (Å²) in [4.78, 5) is 0.221. The fourth-order valence-corrected chi connectivity index (χ4v) is 4.37.